The van der Waals surface area contributed by atoms with Gasteiger partial charge in [0.05, 0.1) is 0 Å². The lowest BCUT2D eigenvalue weighted by atomic mass is 9.85. The zero-order valence-corrected chi connectivity index (χ0v) is 10.9. The number of hydrogen-bond donors (Lipinski definition) is 1. The van der Waals surface area contributed by atoms with Gasteiger partial charge in [0.2, 0.25) is 5.60 Å². The minimum absolute atomic E-state index is 0.495. The molecule has 0 aromatic heterocycles. The van der Waals surface area contributed by atoms with E-state index >= 15 is 0 Å². The maximum absolute atomic E-state index is 11.6. The molecule has 19 heavy (non-hydrogen) atoms. The van der Waals surface area contributed by atoms with Crippen LogP contribution >= 0.6 is 11.6 Å². The lowest BCUT2D eigenvalue weighted by Gasteiger charge is -2.34. The third kappa shape index (κ3) is 1.70. The Hall–Kier alpha value is -2.00. The molecule has 0 fully saturated rings. The number of para-hydroxylation sites is 1. The molecule has 4 heteroatoms. The quantitative estimate of drug-likeness (QED) is 0.862. The van der Waals surface area contributed by atoms with Crippen LogP contribution in [0.1, 0.15) is 12.5 Å². The topological polar surface area (TPSA) is 46.5 Å². The lowest BCUT2D eigenvalue weighted by Crippen LogP contribution is -2.40. The molecular weight excluding hydrogens is 264 g/mol. The van der Waals surface area contributed by atoms with Gasteiger partial charge < -0.3 is 9.84 Å². The van der Waals surface area contributed by atoms with Gasteiger partial charge in [-0.1, -0.05) is 35.9 Å². The van der Waals surface area contributed by atoms with Crippen molar-refractivity contribution in [2.75, 3.05) is 0 Å². The summed E-state index contributed by atoms with van der Waals surface area (Å²) in [6.45, 7) is 1.54. The molecule has 1 unspecified atom stereocenters. The minimum Gasteiger partial charge on any atom is -0.478 e. The van der Waals surface area contributed by atoms with Gasteiger partial charge in [-0.2, -0.15) is 0 Å². The van der Waals surface area contributed by atoms with Gasteiger partial charge in [-0.25, -0.2) is 4.79 Å². The van der Waals surface area contributed by atoms with Crippen molar-refractivity contribution in [1.82, 2.24) is 0 Å². The molecule has 2 aromatic rings. The van der Waals surface area contributed by atoms with Crippen molar-refractivity contribution in [2.45, 2.75) is 12.5 Å². The Morgan fingerprint density at radius 1 is 1.21 bits per heavy atom. The van der Waals surface area contributed by atoms with Gasteiger partial charge in [0, 0.05) is 16.1 Å². The van der Waals surface area contributed by atoms with E-state index in [1.807, 2.05) is 24.3 Å². The van der Waals surface area contributed by atoms with Crippen LogP contribution in [0.2, 0.25) is 5.02 Å². The Balaban J connectivity index is 2.35. The third-order valence-electron chi connectivity index (χ3n) is 3.39. The second-order valence-corrected chi connectivity index (χ2v) is 5.06. The molecule has 3 rings (SSSR count). The fourth-order valence-corrected chi connectivity index (χ4v) is 2.53. The zero-order chi connectivity index (χ0) is 13.6. The number of halogens is 1. The number of carbonyl (C=O) groups is 1. The van der Waals surface area contributed by atoms with E-state index in [9.17, 15) is 9.90 Å². The number of hydrogen-bond acceptors (Lipinski definition) is 2. The summed E-state index contributed by atoms with van der Waals surface area (Å²) in [5.41, 5.74) is 0.879. The van der Waals surface area contributed by atoms with E-state index in [0.717, 1.165) is 11.1 Å². The van der Waals surface area contributed by atoms with Crippen LogP contribution in [0.15, 0.2) is 42.5 Å². The summed E-state index contributed by atoms with van der Waals surface area (Å²) in [6.07, 6.45) is 0. The van der Waals surface area contributed by atoms with Crippen LogP contribution in [0, 0.1) is 0 Å². The zero-order valence-electron chi connectivity index (χ0n) is 10.2. The molecule has 3 nitrogen and oxygen atoms in total. The van der Waals surface area contributed by atoms with Crippen LogP contribution < -0.4 is 4.74 Å². The number of carboxylic acids is 1. The molecule has 1 aliphatic heterocycles. The highest BCUT2D eigenvalue weighted by Gasteiger charge is 2.43. The molecule has 1 N–H and O–H groups in total. The van der Waals surface area contributed by atoms with Gasteiger partial charge in [-0.3, -0.25) is 0 Å². The van der Waals surface area contributed by atoms with Crippen LogP contribution in [-0.2, 0) is 10.4 Å². The molecule has 0 saturated carbocycles. The van der Waals surface area contributed by atoms with Gasteiger partial charge in [0.1, 0.15) is 5.75 Å². The molecule has 96 valence electrons. The molecule has 1 atom stereocenters. The summed E-state index contributed by atoms with van der Waals surface area (Å²) in [5.74, 6) is -0.465. The second-order valence-electron chi connectivity index (χ2n) is 4.63. The highest BCUT2D eigenvalue weighted by atomic mass is 35.5. The summed E-state index contributed by atoms with van der Waals surface area (Å²) in [4.78, 5) is 11.6. The molecule has 0 amide bonds. The Labute approximate surface area is 115 Å². The van der Waals surface area contributed by atoms with Crippen LogP contribution in [0.3, 0.4) is 0 Å². The van der Waals surface area contributed by atoms with Crippen molar-refractivity contribution in [2.24, 2.45) is 0 Å². The average molecular weight is 275 g/mol. The monoisotopic (exact) mass is 274 g/mol. The van der Waals surface area contributed by atoms with Gasteiger partial charge in [0.25, 0.3) is 0 Å². The number of carboxylic acid groups (broad SMARTS) is 1. The Morgan fingerprint density at radius 3 is 2.68 bits per heavy atom. The first-order valence-electron chi connectivity index (χ1n) is 5.84. The SMILES string of the molecule is CC1(C(=O)O)Oc2ccccc2-c2ccc(Cl)cc21. The van der Waals surface area contributed by atoms with Crippen LogP contribution in [0.25, 0.3) is 11.1 Å². The minimum atomic E-state index is -1.42. The Morgan fingerprint density at radius 2 is 1.95 bits per heavy atom. The summed E-state index contributed by atoms with van der Waals surface area (Å²) in [7, 11) is 0. The van der Waals surface area contributed by atoms with Crippen molar-refractivity contribution in [3.63, 3.8) is 0 Å². The van der Waals surface area contributed by atoms with E-state index < -0.39 is 11.6 Å². The molecule has 1 aliphatic rings. The first-order valence-corrected chi connectivity index (χ1v) is 6.22. The molecule has 0 spiro atoms. The first-order chi connectivity index (χ1) is 9.02. The van der Waals surface area contributed by atoms with Crippen LogP contribution in [-0.4, -0.2) is 11.1 Å². The van der Waals surface area contributed by atoms with Crippen LogP contribution in [0.4, 0.5) is 0 Å². The van der Waals surface area contributed by atoms with Crippen molar-refractivity contribution in [3.8, 4) is 16.9 Å². The van der Waals surface area contributed by atoms with E-state index in [2.05, 4.69) is 0 Å². The first kappa shape index (κ1) is 12.1. The second kappa shape index (κ2) is 4.00. The smallest absolute Gasteiger partial charge is 0.352 e. The number of fused-ring (bicyclic) bond motifs is 3. The molecule has 0 bridgehead atoms. The highest BCUT2D eigenvalue weighted by Crippen LogP contribution is 2.45. The fourth-order valence-electron chi connectivity index (χ4n) is 2.36. The van der Waals surface area contributed by atoms with E-state index in [-0.39, 0.29) is 0 Å². The molecule has 0 saturated heterocycles. The summed E-state index contributed by atoms with van der Waals surface area (Å²) >= 11 is 5.99. The highest BCUT2D eigenvalue weighted by molar-refractivity contribution is 6.30. The predicted octanol–water partition coefficient (Wildman–Crippen LogP) is 3.70. The predicted molar refractivity (Wildman–Crippen MR) is 72.5 cm³/mol. The van der Waals surface area contributed by atoms with Gasteiger partial charge in [-0.15, -0.1) is 0 Å². The maximum atomic E-state index is 11.6. The summed E-state index contributed by atoms with van der Waals surface area (Å²) < 4.78 is 5.70. The Kier molecular flexibility index (Phi) is 2.54. The van der Waals surface area contributed by atoms with Crippen molar-refractivity contribution >= 4 is 17.6 Å². The van der Waals surface area contributed by atoms with E-state index in [1.165, 1.54) is 0 Å². The van der Waals surface area contributed by atoms with Gasteiger partial charge >= 0.3 is 5.97 Å². The normalized spacial score (nSPS) is 20.1. The molecule has 2 aromatic carbocycles. The average Bonchev–Trinajstić information content (AvgIpc) is 2.39. The van der Waals surface area contributed by atoms with Crippen LogP contribution in [0.5, 0.6) is 5.75 Å². The van der Waals surface area contributed by atoms with E-state index in [1.54, 1.807) is 25.1 Å². The van der Waals surface area contributed by atoms with E-state index in [0.29, 0.717) is 16.3 Å². The number of aliphatic carboxylic acids is 1. The number of benzene rings is 2. The Bertz CT molecular complexity index is 681. The number of rotatable bonds is 1. The van der Waals surface area contributed by atoms with Crippen molar-refractivity contribution < 1.29 is 14.6 Å². The number of ether oxygens (including phenoxy) is 1. The third-order valence-corrected chi connectivity index (χ3v) is 3.63. The largest absolute Gasteiger partial charge is 0.478 e. The van der Waals surface area contributed by atoms with Crippen molar-refractivity contribution in [1.29, 1.82) is 0 Å². The summed E-state index contributed by atoms with van der Waals surface area (Å²) in [6, 6.07) is 12.6. The molecular formula is C15H11ClO3. The maximum Gasteiger partial charge on any atom is 0.352 e. The molecule has 0 aliphatic carbocycles. The molecule has 1 heterocycles. The lowest BCUT2D eigenvalue weighted by molar-refractivity contribution is -0.154. The van der Waals surface area contributed by atoms with Gasteiger partial charge in [0.15, 0.2) is 0 Å². The van der Waals surface area contributed by atoms with E-state index in [4.69, 9.17) is 16.3 Å². The summed E-state index contributed by atoms with van der Waals surface area (Å²) in [5, 5.41) is 9.99. The standard InChI is InChI=1S/C15H11ClO3/c1-15(14(17)18)12-8-9(16)6-7-10(12)11-4-2-3-5-13(11)19-15/h2-8H,1H3,(H,17,18). The van der Waals surface area contributed by atoms with Crippen molar-refractivity contribution in [3.05, 3.63) is 53.1 Å². The fraction of sp³-hybridized carbons (Fsp3) is 0.133. The molecule has 0 radical (unpaired) electrons. The van der Waals surface area contributed by atoms with Gasteiger partial charge in [-0.05, 0) is 30.7 Å².